The zero-order valence-electron chi connectivity index (χ0n) is 15.6. The van der Waals surface area contributed by atoms with Gasteiger partial charge in [-0.25, -0.2) is 13.5 Å². The normalized spacial score (nSPS) is 15.1. The minimum atomic E-state index is -4.88. The smallest absolute Gasteiger partial charge is 0.417 e. The van der Waals surface area contributed by atoms with E-state index >= 15 is 0 Å². The van der Waals surface area contributed by atoms with Crippen LogP contribution in [0.5, 0.6) is 5.75 Å². The molecule has 158 valence electrons. The Kier molecular flexibility index (Phi) is 4.98. The third-order valence-electron chi connectivity index (χ3n) is 4.63. The number of H-pyrrole nitrogens is 1. The third kappa shape index (κ3) is 3.87. The van der Waals surface area contributed by atoms with Crippen LogP contribution in [0.1, 0.15) is 5.56 Å². The fraction of sp³-hybridized carbons (Fsp3) is 0.278. The van der Waals surface area contributed by atoms with Crippen LogP contribution in [0, 0.1) is 0 Å². The maximum absolute atomic E-state index is 13.6. The fourth-order valence-corrected chi connectivity index (χ4v) is 4.34. The Morgan fingerprint density at radius 3 is 2.30 bits per heavy atom. The van der Waals surface area contributed by atoms with Crippen LogP contribution in [-0.2, 0) is 16.0 Å². The van der Waals surface area contributed by atoms with Gasteiger partial charge in [0.25, 0.3) is 0 Å². The highest BCUT2D eigenvalue weighted by molar-refractivity contribution is 7.91. The van der Waals surface area contributed by atoms with Gasteiger partial charge in [0.1, 0.15) is 11.9 Å². The van der Waals surface area contributed by atoms with Crippen molar-refractivity contribution < 1.29 is 26.3 Å². The minimum absolute atomic E-state index is 0.0644. The Hall–Kier alpha value is -2.99. The van der Waals surface area contributed by atoms with Gasteiger partial charge in [0.2, 0.25) is 0 Å². The summed E-state index contributed by atoms with van der Waals surface area (Å²) in [7, 11) is -4.29. The molecule has 0 aliphatic carbocycles. The van der Waals surface area contributed by atoms with Crippen LogP contribution in [0.2, 0.25) is 0 Å². The molecule has 8 nitrogen and oxygen atoms in total. The first-order chi connectivity index (χ1) is 14.1. The van der Waals surface area contributed by atoms with Crippen molar-refractivity contribution >= 4 is 9.84 Å². The number of tetrazole rings is 1. The first kappa shape index (κ1) is 20.3. The number of halogens is 3. The largest absolute Gasteiger partial charge is 0.488 e. The van der Waals surface area contributed by atoms with E-state index in [2.05, 4.69) is 25.9 Å². The Bertz CT molecular complexity index is 1160. The summed E-state index contributed by atoms with van der Waals surface area (Å²) in [4.78, 5) is -0.882. The molecular weight excluding hydrogens is 423 g/mol. The molecule has 12 heteroatoms. The van der Waals surface area contributed by atoms with Crippen molar-refractivity contribution in [2.24, 2.45) is 0 Å². The summed E-state index contributed by atoms with van der Waals surface area (Å²) in [6, 6.07) is 8.60. The maximum atomic E-state index is 13.6. The van der Waals surface area contributed by atoms with Gasteiger partial charge in [-0.05, 0) is 39.8 Å². The fourth-order valence-electron chi connectivity index (χ4n) is 3.18. The second-order valence-corrected chi connectivity index (χ2v) is 8.76. The summed E-state index contributed by atoms with van der Waals surface area (Å²) >= 11 is 0. The second-order valence-electron chi connectivity index (χ2n) is 6.81. The number of aromatic amines is 1. The van der Waals surface area contributed by atoms with E-state index in [1.54, 1.807) is 24.3 Å². The predicted molar refractivity (Wildman–Crippen MR) is 100 cm³/mol. The average Bonchev–Trinajstić information content (AvgIpc) is 3.17. The molecule has 30 heavy (non-hydrogen) atoms. The van der Waals surface area contributed by atoms with Crippen LogP contribution in [0.4, 0.5) is 13.2 Å². The summed E-state index contributed by atoms with van der Waals surface area (Å²) < 4.78 is 71.4. The number of ether oxygens (including phenoxy) is 1. The van der Waals surface area contributed by atoms with Gasteiger partial charge in [-0.15, -0.1) is 5.10 Å². The highest BCUT2D eigenvalue weighted by Crippen LogP contribution is 2.43. The van der Waals surface area contributed by atoms with Crippen molar-refractivity contribution in [2.45, 2.75) is 17.2 Å². The molecule has 1 saturated heterocycles. The third-order valence-corrected chi connectivity index (χ3v) is 5.79. The molecule has 1 aliphatic rings. The van der Waals surface area contributed by atoms with Gasteiger partial charge in [0, 0.05) is 24.9 Å². The van der Waals surface area contributed by atoms with Crippen molar-refractivity contribution in [3.05, 3.63) is 42.0 Å². The number of hydrogen-bond donors (Lipinski definition) is 2. The van der Waals surface area contributed by atoms with Gasteiger partial charge in [0.05, 0.1) is 10.5 Å². The van der Waals surface area contributed by atoms with Crippen LogP contribution in [0.25, 0.3) is 22.5 Å². The molecule has 3 aromatic rings. The number of nitrogens with one attached hydrogen (secondary N) is 2. The maximum Gasteiger partial charge on any atom is 0.417 e. The number of rotatable bonds is 5. The Morgan fingerprint density at radius 1 is 1.10 bits per heavy atom. The number of aromatic nitrogens is 4. The molecule has 1 aromatic heterocycles. The first-order valence-electron chi connectivity index (χ1n) is 8.81. The van der Waals surface area contributed by atoms with E-state index in [0.29, 0.717) is 11.3 Å². The Morgan fingerprint density at radius 2 is 1.80 bits per heavy atom. The summed E-state index contributed by atoms with van der Waals surface area (Å²) in [6.07, 6.45) is -4.10. The molecule has 2 aromatic carbocycles. The molecule has 2 heterocycles. The predicted octanol–water partition coefficient (Wildman–Crippen LogP) is 2.31. The molecule has 2 N–H and O–H groups in total. The molecule has 4 rings (SSSR count). The lowest BCUT2D eigenvalue weighted by atomic mass is 9.96. The Balaban J connectivity index is 1.90. The summed E-state index contributed by atoms with van der Waals surface area (Å²) in [6.45, 7) is 1.47. The minimum Gasteiger partial charge on any atom is -0.488 e. The molecule has 0 bridgehead atoms. The van der Waals surface area contributed by atoms with Gasteiger partial charge in [-0.3, -0.25) is 0 Å². The van der Waals surface area contributed by atoms with E-state index in [1.165, 1.54) is 6.07 Å². The van der Waals surface area contributed by atoms with E-state index in [-0.39, 0.29) is 23.1 Å². The van der Waals surface area contributed by atoms with Crippen LogP contribution in [-0.4, -0.2) is 54.5 Å². The van der Waals surface area contributed by atoms with Gasteiger partial charge in [0.15, 0.2) is 15.7 Å². The molecular formula is C18H16F3N5O3S. The van der Waals surface area contributed by atoms with Crippen LogP contribution < -0.4 is 10.1 Å². The van der Waals surface area contributed by atoms with Gasteiger partial charge in [-0.2, -0.15) is 13.2 Å². The van der Waals surface area contributed by atoms with E-state index in [4.69, 9.17) is 4.74 Å². The van der Waals surface area contributed by atoms with Crippen LogP contribution >= 0.6 is 0 Å². The highest BCUT2D eigenvalue weighted by atomic mass is 32.2. The summed E-state index contributed by atoms with van der Waals surface area (Å²) in [5.74, 6) is 0.417. The first-order valence-corrected chi connectivity index (χ1v) is 10.7. The summed E-state index contributed by atoms with van der Waals surface area (Å²) in [5.41, 5.74) is -0.801. The molecule has 1 fully saturated rings. The van der Waals surface area contributed by atoms with Crippen molar-refractivity contribution in [3.8, 4) is 28.3 Å². The van der Waals surface area contributed by atoms with Crippen molar-refractivity contribution in [2.75, 3.05) is 19.3 Å². The lowest BCUT2D eigenvalue weighted by Gasteiger charge is -2.27. The molecule has 0 amide bonds. The van der Waals surface area contributed by atoms with Crippen LogP contribution in [0.15, 0.2) is 41.3 Å². The quantitative estimate of drug-likeness (QED) is 0.628. The van der Waals surface area contributed by atoms with Crippen molar-refractivity contribution in [1.29, 1.82) is 0 Å². The number of hydrogen-bond acceptors (Lipinski definition) is 7. The van der Waals surface area contributed by atoms with E-state index in [0.717, 1.165) is 25.4 Å². The molecule has 1 aliphatic heterocycles. The van der Waals surface area contributed by atoms with Crippen molar-refractivity contribution in [1.82, 2.24) is 25.9 Å². The van der Waals surface area contributed by atoms with Crippen LogP contribution in [0.3, 0.4) is 0 Å². The zero-order valence-corrected chi connectivity index (χ0v) is 16.4. The van der Waals surface area contributed by atoms with E-state index in [9.17, 15) is 21.6 Å². The molecule has 0 unspecified atom stereocenters. The topological polar surface area (TPSA) is 110 Å². The number of nitrogens with zero attached hydrogens (tertiary/aromatic N) is 3. The Labute approximate surface area is 169 Å². The average molecular weight is 439 g/mol. The summed E-state index contributed by atoms with van der Waals surface area (Å²) in [5, 5.41) is 15.9. The standard InChI is InChI=1S/C18H16F3N5O3S/c1-30(27,28)16-14(18(19,20)21)7-6-13(15(16)17-23-25-26-24-17)10-2-4-11(5-3-10)29-12-8-22-9-12/h2-7,12,22H,8-9H2,1H3,(H,23,24,25,26). The molecule has 0 atom stereocenters. The monoisotopic (exact) mass is 439 g/mol. The highest BCUT2D eigenvalue weighted by Gasteiger charge is 2.39. The molecule has 0 radical (unpaired) electrons. The zero-order chi connectivity index (χ0) is 21.5. The van der Waals surface area contributed by atoms with Gasteiger partial charge in [-0.1, -0.05) is 18.2 Å². The second kappa shape index (κ2) is 7.36. The van der Waals surface area contributed by atoms with Gasteiger partial charge >= 0.3 is 6.18 Å². The van der Waals surface area contributed by atoms with E-state index in [1.807, 2.05) is 0 Å². The number of sulfone groups is 1. The number of alkyl halides is 3. The van der Waals surface area contributed by atoms with Crippen molar-refractivity contribution in [3.63, 3.8) is 0 Å². The lowest BCUT2D eigenvalue weighted by molar-refractivity contribution is -0.139. The molecule has 0 saturated carbocycles. The SMILES string of the molecule is CS(=O)(=O)c1c(C(F)(F)F)ccc(-c2ccc(OC3CNC3)cc2)c1-c1nnn[nH]1. The number of benzene rings is 2. The van der Waals surface area contributed by atoms with E-state index < -0.39 is 26.5 Å². The van der Waals surface area contributed by atoms with Gasteiger partial charge < -0.3 is 10.1 Å². The lowest BCUT2D eigenvalue weighted by Crippen LogP contribution is -2.50. The molecule has 0 spiro atoms.